The van der Waals surface area contributed by atoms with Crippen molar-refractivity contribution in [2.75, 3.05) is 29.9 Å². The Balaban J connectivity index is 1.39. The zero-order valence-electron chi connectivity index (χ0n) is 17.2. The molecule has 0 aliphatic carbocycles. The molecular formula is C23H27N3O2S. The van der Waals surface area contributed by atoms with Gasteiger partial charge in [-0.2, -0.15) is 0 Å². The Hall–Kier alpha value is -2.60. The van der Waals surface area contributed by atoms with Crippen LogP contribution in [0.5, 0.6) is 5.75 Å². The van der Waals surface area contributed by atoms with Gasteiger partial charge in [0.15, 0.2) is 5.13 Å². The highest BCUT2D eigenvalue weighted by molar-refractivity contribution is 7.22. The number of nitrogens with zero attached hydrogens (tertiary/aromatic N) is 2. The predicted octanol–water partition coefficient (Wildman–Crippen LogP) is 5.17. The number of hydrogen-bond donors (Lipinski definition) is 1. The first kappa shape index (κ1) is 19.7. The number of carbonyl (C=O) groups is 1. The summed E-state index contributed by atoms with van der Waals surface area (Å²) < 4.78 is 6.73. The summed E-state index contributed by atoms with van der Waals surface area (Å²) in [7, 11) is 0. The third-order valence-corrected chi connectivity index (χ3v) is 6.53. The second-order valence-corrected chi connectivity index (χ2v) is 8.64. The number of piperidine rings is 1. The van der Waals surface area contributed by atoms with Crippen LogP contribution in [0.25, 0.3) is 10.2 Å². The van der Waals surface area contributed by atoms with Crippen LogP contribution in [0, 0.1) is 19.8 Å². The third kappa shape index (κ3) is 4.37. The number of nitrogens with one attached hydrogen (secondary N) is 1. The molecule has 0 bridgehead atoms. The van der Waals surface area contributed by atoms with Crippen molar-refractivity contribution < 1.29 is 9.53 Å². The minimum Gasteiger partial charge on any atom is -0.494 e. The zero-order valence-corrected chi connectivity index (χ0v) is 18.0. The number of anilines is 2. The number of aryl methyl sites for hydroxylation is 2. The van der Waals surface area contributed by atoms with E-state index in [1.165, 1.54) is 0 Å². The van der Waals surface area contributed by atoms with E-state index in [1.807, 2.05) is 39.0 Å². The Morgan fingerprint density at radius 3 is 2.76 bits per heavy atom. The molecular weight excluding hydrogens is 382 g/mol. The largest absolute Gasteiger partial charge is 0.494 e. The van der Waals surface area contributed by atoms with Crippen molar-refractivity contribution in [3.8, 4) is 5.75 Å². The number of fused-ring (bicyclic) bond motifs is 1. The summed E-state index contributed by atoms with van der Waals surface area (Å²) in [5.74, 6) is 1.06. The first-order chi connectivity index (χ1) is 14.0. The number of hydrogen-bond acceptors (Lipinski definition) is 5. The molecule has 1 fully saturated rings. The van der Waals surface area contributed by atoms with Gasteiger partial charge < -0.3 is 15.0 Å². The van der Waals surface area contributed by atoms with E-state index in [0.29, 0.717) is 6.61 Å². The van der Waals surface area contributed by atoms with Crippen LogP contribution in [0.15, 0.2) is 36.4 Å². The number of carbonyl (C=O) groups excluding carboxylic acids is 1. The van der Waals surface area contributed by atoms with Gasteiger partial charge in [0, 0.05) is 24.7 Å². The van der Waals surface area contributed by atoms with Crippen molar-refractivity contribution in [3.63, 3.8) is 0 Å². The molecule has 0 radical (unpaired) electrons. The number of aromatic nitrogens is 1. The fourth-order valence-corrected chi connectivity index (χ4v) is 4.77. The quantitative estimate of drug-likeness (QED) is 0.632. The molecule has 152 valence electrons. The minimum atomic E-state index is 0.0464. The molecule has 1 N–H and O–H groups in total. The van der Waals surface area contributed by atoms with Gasteiger partial charge in [-0.05, 0) is 69.0 Å². The molecule has 0 spiro atoms. The average molecular weight is 410 g/mol. The molecule has 6 heteroatoms. The first-order valence-electron chi connectivity index (χ1n) is 10.2. The molecule has 1 amide bonds. The van der Waals surface area contributed by atoms with Gasteiger partial charge in [-0.15, -0.1) is 0 Å². The number of ether oxygens (including phenoxy) is 1. The normalized spacial score (nSPS) is 14.9. The third-order valence-electron chi connectivity index (χ3n) is 5.45. The Kier molecular flexibility index (Phi) is 5.72. The topological polar surface area (TPSA) is 54.5 Å². The Labute approximate surface area is 175 Å². The van der Waals surface area contributed by atoms with Crippen LogP contribution in [0.1, 0.15) is 30.9 Å². The van der Waals surface area contributed by atoms with Gasteiger partial charge in [-0.25, -0.2) is 4.98 Å². The molecule has 4 rings (SSSR count). The summed E-state index contributed by atoms with van der Waals surface area (Å²) in [6.07, 6.45) is 1.69. The van der Waals surface area contributed by atoms with E-state index in [0.717, 1.165) is 63.8 Å². The van der Waals surface area contributed by atoms with Crippen molar-refractivity contribution in [1.29, 1.82) is 0 Å². The lowest BCUT2D eigenvalue weighted by atomic mass is 9.96. The fraction of sp³-hybridized carbons (Fsp3) is 0.391. The molecule has 0 atom stereocenters. The standard InChI is InChI=1S/C23H27N3O2S/c1-4-28-18-7-8-19-21(14-18)29-23(25-19)26-11-9-17(10-12-26)22(27)24-20-13-15(2)5-6-16(20)3/h5-8,13-14,17H,4,9-12H2,1-3H3,(H,24,27). The molecule has 5 nitrogen and oxygen atoms in total. The number of amides is 1. The zero-order chi connectivity index (χ0) is 20.4. The lowest BCUT2D eigenvalue weighted by Crippen LogP contribution is -2.38. The van der Waals surface area contributed by atoms with E-state index < -0.39 is 0 Å². The molecule has 29 heavy (non-hydrogen) atoms. The monoisotopic (exact) mass is 409 g/mol. The summed E-state index contributed by atoms with van der Waals surface area (Å²) in [4.78, 5) is 19.8. The smallest absolute Gasteiger partial charge is 0.227 e. The maximum atomic E-state index is 12.8. The van der Waals surface area contributed by atoms with Gasteiger partial charge in [0.1, 0.15) is 5.75 Å². The van der Waals surface area contributed by atoms with Crippen molar-refractivity contribution in [2.24, 2.45) is 5.92 Å². The molecule has 0 saturated carbocycles. The number of benzene rings is 2. The fourth-order valence-electron chi connectivity index (χ4n) is 3.72. The summed E-state index contributed by atoms with van der Waals surface area (Å²) in [6.45, 7) is 8.43. The van der Waals surface area contributed by atoms with Crippen molar-refractivity contribution in [3.05, 3.63) is 47.5 Å². The van der Waals surface area contributed by atoms with Gasteiger partial charge in [0.2, 0.25) is 5.91 Å². The van der Waals surface area contributed by atoms with E-state index in [4.69, 9.17) is 9.72 Å². The van der Waals surface area contributed by atoms with Crippen LogP contribution in [0.4, 0.5) is 10.8 Å². The molecule has 1 aliphatic rings. The second-order valence-electron chi connectivity index (χ2n) is 7.63. The Morgan fingerprint density at radius 2 is 2.00 bits per heavy atom. The van der Waals surface area contributed by atoms with Gasteiger partial charge >= 0.3 is 0 Å². The lowest BCUT2D eigenvalue weighted by Gasteiger charge is -2.31. The second kappa shape index (κ2) is 8.41. The van der Waals surface area contributed by atoms with Crippen LogP contribution in [0.3, 0.4) is 0 Å². The van der Waals surface area contributed by atoms with Crippen LogP contribution in [-0.4, -0.2) is 30.6 Å². The molecule has 1 aromatic heterocycles. The van der Waals surface area contributed by atoms with Crippen molar-refractivity contribution in [2.45, 2.75) is 33.6 Å². The first-order valence-corrected chi connectivity index (χ1v) is 11.0. The Morgan fingerprint density at radius 1 is 1.21 bits per heavy atom. The van der Waals surface area contributed by atoms with Crippen LogP contribution in [-0.2, 0) is 4.79 Å². The van der Waals surface area contributed by atoms with Crippen molar-refractivity contribution in [1.82, 2.24) is 4.98 Å². The summed E-state index contributed by atoms with van der Waals surface area (Å²) in [5, 5.41) is 4.16. The summed E-state index contributed by atoms with van der Waals surface area (Å²) in [6, 6.07) is 12.2. The predicted molar refractivity (Wildman–Crippen MR) is 120 cm³/mol. The van der Waals surface area contributed by atoms with Gasteiger partial charge in [0.05, 0.1) is 16.8 Å². The van der Waals surface area contributed by atoms with Gasteiger partial charge in [-0.1, -0.05) is 23.5 Å². The molecule has 3 aromatic rings. The lowest BCUT2D eigenvalue weighted by molar-refractivity contribution is -0.120. The molecule has 1 saturated heterocycles. The minimum absolute atomic E-state index is 0.0464. The van der Waals surface area contributed by atoms with E-state index in [1.54, 1.807) is 11.3 Å². The highest BCUT2D eigenvalue weighted by atomic mass is 32.1. The van der Waals surface area contributed by atoms with Crippen molar-refractivity contribution >= 4 is 38.3 Å². The number of rotatable bonds is 5. The van der Waals surface area contributed by atoms with E-state index in [-0.39, 0.29) is 11.8 Å². The van der Waals surface area contributed by atoms with Gasteiger partial charge in [-0.3, -0.25) is 4.79 Å². The van der Waals surface area contributed by atoms with E-state index in [9.17, 15) is 4.79 Å². The SMILES string of the molecule is CCOc1ccc2nc(N3CCC(C(=O)Nc4cc(C)ccc4C)CC3)sc2c1. The maximum Gasteiger partial charge on any atom is 0.227 e. The van der Waals surface area contributed by atoms with Crippen LogP contribution >= 0.6 is 11.3 Å². The van der Waals surface area contributed by atoms with Crippen LogP contribution in [0.2, 0.25) is 0 Å². The van der Waals surface area contributed by atoms with E-state index in [2.05, 4.69) is 28.4 Å². The molecule has 1 aliphatic heterocycles. The average Bonchev–Trinajstić information content (AvgIpc) is 3.14. The molecule has 0 unspecified atom stereocenters. The van der Waals surface area contributed by atoms with E-state index >= 15 is 0 Å². The summed E-state index contributed by atoms with van der Waals surface area (Å²) >= 11 is 1.69. The highest BCUT2D eigenvalue weighted by Crippen LogP contribution is 2.33. The van der Waals surface area contributed by atoms with Crippen LogP contribution < -0.4 is 15.0 Å². The Bertz CT molecular complexity index is 1020. The highest BCUT2D eigenvalue weighted by Gasteiger charge is 2.26. The summed E-state index contributed by atoms with van der Waals surface area (Å²) in [5.41, 5.74) is 4.18. The molecule has 2 heterocycles. The molecule has 2 aromatic carbocycles. The number of thiazole rings is 1. The van der Waals surface area contributed by atoms with Gasteiger partial charge in [0.25, 0.3) is 0 Å². The maximum absolute atomic E-state index is 12.8.